The number of aryl methyl sites for hydroxylation is 1. The van der Waals surface area contributed by atoms with E-state index in [4.69, 9.17) is 10.5 Å². The highest BCUT2D eigenvalue weighted by atomic mass is 16.6. The number of pyridine rings is 1. The fraction of sp³-hybridized carbons (Fsp3) is 0.464. The Balaban J connectivity index is 0.00000235. The van der Waals surface area contributed by atoms with E-state index in [2.05, 4.69) is 15.4 Å². The zero-order valence-electron chi connectivity index (χ0n) is 22.8. The lowest BCUT2D eigenvalue weighted by Gasteiger charge is -2.20. The van der Waals surface area contributed by atoms with Gasteiger partial charge < -0.3 is 20.7 Å². The fourth-order valence-electron chi connectivity index (χ4n) is 3.55. The van der Waals surface area contributed by atoms with Crippen LogP contribution in [-0.2, 0) is 16.1 Å². The van der Waals surface area contributed by atoms with Crippen LogP contribution in [0.3, 0.4) is 0 Å². The quantitative estimate of drug-likeness (QED) is 0.407. The molecule has 10 heteroatoms. The lowest BCUT2D eigenvalue weighted by Crippen LogP contribution is -2.33. The Bertz CT molecular complexity index is 1250. The third kappa shape index (κ3) is 8.86. The van der Waals surface area contributed by atoms with Crippen LogP contribution in [0.1, 0.15) is 76.5 Å². The van der Waals surface area contributed by atoms with Gasteiger partial charge in [0.2, 0.25) is 5.91 Å². The Morgan fingerprint density at radius 3 is 2.42 bits per heavy atom. The molecule has 0 fully saturated rings. The number of amides is 3. The number of benzene rings is 1. The van der Waals surface area contributed by atoms with Crippen molar-refractivity contribution in [3.05, 3.63) is 53.3 Å². The maximum Gasteiger partial charge on any atom is 0.407 e. The third-order valence-electron chi connectivity index (χ3n) is 5.18. The van der Waals surface area contributed by atoms with Crippen LogP contribution in [0, 0.1) is 6.92 Å². The molecular weight excluding hydrogens is 484 g/mol. The average molecular weight is 527 g/mol. The number of carbonyl (C=O) groups excluding carboxylic acids is 3. The number of nitrogens with zero attached hydrogens (tertiary/aromatic N) is 4. The van der Waals surface area contributed by atoms with Crippen LogP contribution in [0.15, 0.2) is 36.5 Å². The molecule has 3 N–H and O–H groups in total. The predicted octanol–water partition coefficient (Wildman–Crippen LogP) is 4.75. The van der Waals surface area contributed by atoms with Crippen molar-refractivity contribution in [2.24, 2.45) is 5.73 Å². The zero-order valence-corrected chi connectivity index (χ0v) is 22.8. The van der Waals surface area contributed by atoms with Gasteiger partial charge in [0.1, 0.15) is 5.60 Å². The Morgan fingerprint density at radius 1 is 1.13 bits per heavy atom. The molecule has 0 spiro atoms. The summed E-state index contributed by atoms with van der Waals surface area (Å²) in [6.07, 6.45) is 1.94. The third-order valence-corrected chi connectivity index (χ3v) is 5.18. The summed E-state index contributed by atoms with van der Waals surface area (Å²) in [5, 5.41) is 7.64. The van der Waals surface area contributed by atoms with Crippen molar-refractivity contribution in [3.63, 3.8) is 0 Å². The number of nitrogens with two attached hydrogens (primary N) is 1. The van der Waals surface area contributed by atoms with Gasteiger partial charge in [-0.15, -0.1) is 0 Å². The molecule has 0 aliphatic rings. The summed E-state index contributed by atoms with van der Waals surface area (Å²) in [6, 6.07) is 9.30. The molecule has 0 saturated heterocycles. The van der Waals surface area contributed by atoms with Gasteiger partial charge in [-0.1, -0.05) is 27.3 Å². The zero-order chi connectivity index (χ0) is 27.8. The monoisotopic (exact) mass is 526 g/mol. The SMILES string of the molecule is C.CC.Cc1ccnc(-n2nc(C(N)=O)c3cc(CN(C)C(=O)CCCNC(=O)OC(C)(C)C)ccc32)c1. The average Bonchev–Trinajstić information content (AvgIpc) is 3.21. The van der Waals surface area contributed by atoms with E-state index in [0.29, 0.717) is 36.2 Å². The van der Waals surface area contributed by atoms with Crippen LogP contribution < -0.4 is 11.1 Å². The summed E-state index contributed by atoms with van der Waals surface area (Å²) in [4.78, 5) is 42.3. The molecule has 0 aliphatic carbocycles. The molecule has 1 aromatic carbocycles. The molecule has 0 bridgehead atoms. The molecule has 0 atom stereocenters. The van der Waals surface area contributed by atoms with E-state index < -0.39 is 17.6 Å². The molecular formula is C28H42N6O4. The minimum absolute atomic E-state index is 0. The topological polar surface area (TPSA) is 132 Å². The molecule has 2 heterocycles. The minimum Gasteiger partial charge on any atom is -0.444 e. The Kier molecular flexibility index (Phi) is 11.9. The Labute approximate surface area is 225 Å². The molecule has 0 unspecified atom stereocenters. The summed E-state index contributed by atoms with van der Waals surface area (Å²) in [6.45, 7) is 12.0. The van der Waals surface area contributed by atoms with Gasteiger partial charge in [0.05, 0.1) is 5.52 Å². The first kappa shape index (κ1) is 32.1. The maximum absolute atomic E-state index is 12.6. The van der Waals surface area contributed by atoms with Gasteiger partial charge in [0.25, 0.3) is 5.91 Å². The maximum atomic E-state index is 12.6. The van der Waals surface area contributed by atoms with Gasteiger partial charge in [0, 0.05) is 38.1 Å². The number of aromatic nitrogens is 3. The lowest BCUT2D eigenvalue weighted by atomic mass is 10.1. The number of fused-ring (bicyclic) bond motifs is 1. The number of carbonyl (C=O) groups is 3. The van der Waals surface area contributed by atoms with E-state index in [-0.39, 0.29) is 25.4 Å². The van der Waals surface area contributed by atoms with E-state index in [1.807, 2.05) is 51.1 Å². The highest BCUT2D eigenvalue weighted by Crippen LogP contribution is 2.24. The van der Waals surface area contributed by atoms with E-state index in [1.165, 1.54) is 0 Å². The molecule has 0 saturated carbocycles. The molecule has 38 heavy (non-hydrogen) atoms. The van der Waals surface area contributed by atoms with Crippen molar-refractivity contribution in [3.8, 4) is 5.82 Å². The van der Waals surface area contributed by atoms with E-state index in [9.17, 15) is 14.4 Å². The first-order valence-corrected chi connectivity index (χ1v) is 12.4. The number of alkyl carbamates (subject to hydrolysis) is 1. The van der Waals surface area contributed by atoms with Gasteiger partial charge in [-0.2, -0.15) is 5.10 Å². The second kappa shape index (κ2) is 14.1. The van der Waals surface area contributed by atoms with Crippen molar-refractivity contribution in [1.29, 1.82) is 0 Å². The van der Waals surface area contributed by atoms with Crippen LogP contribution in [0.4, 0.5) is 4.79 Å². The highest BCUT2D eigenvalue weighted by Gasteiger charge is 2.19. The number of primary amides is 1. The molecule has 0 radical (unpaired) electrons. The standard InChI is InChI=1S/C25H32N6O4.C2H6.CH4/c1-16-10-12-27-20(13-16)31-19-9-8-17(14-18(19)22(29-31)23(26)33)15-30(5)21(32)7-6-11-28-24(34)35-25(2,3)4;1-2;/h8-10,12-14H,6-7,11,15H2,1-5H3,(H2,26,33)(H,28,34);1-2H3;1H4. The van der Waals surface area contributed by atoms with Gasteiger partial charge in [0.15, 0.2) is 11.5 Å². The van der Waals surface area contributed by atoms with Gasteiger partial charge in [-0.05, 0) is 69.5 Å². The predicted molar refractivity (Wildman–Crippen MR) is 150 cm³/mol. The molecule has 208 valence electrons. The van der Waals surface area contributed by atoms with Crippen molar-refractivity contribution in [2.75, 3.05) is 13.6 Å². The summed E-state index contributed by atoms with van der Waals surface area (Å²) in [5.41, 5.74) is 7.71. The molecule has 3 aromatic rings. The molecule has 2 aromatic heterocycles. The first-order chi connectivity index (χ1) is 17.4. The normalized spacial score (nSPS) is 10.6. The first-order valence-electron chi connectivity index (χ1n) is 12.4. The summed E-state index contributed by atoms with van der Waals surface area (Å²) in [7, 11) is 1.71. The van der Waals surface area contributed by atoms with Crippen molar-refractivity contribution >= 4 is 28.8 Å². The number of hydrogen-bond donors (Lipinski definition) is 2. The number of rotatable bonds is 8. The van der Waals surface area contributed by atoms with Crippen molar-refractivity contribution in [1.82, 2.24) is 25.0 Å². The summed E-state index contributed by atoms with van der Waals surface area (Å²) >= 11 is 0. The van der Waals surface area contributed by atoms with Gasteiger partial charge >= 0.3 is 6.09 Å². The fourth-order valence-corrected chi connectivity index (χ4v) is 3.55. The number of hydrogen-bond acceptors (Lipinski definition) is 6. The van der Waals surface area contributed by atoms with Crippen LogP contribution in [-0.4, -0.2) is 56.8 Å². The smallest absolute Gasteiger partial charge is 0.407 e. The number of ether oxygens (including phenoxy) is 1. The molecule has 10 nitrogen and oxygen atoms in total. The van der Waals surface area contributed by atoms with E-state index in [0.717, 1.165) is 11.1 Å². The summed E-state index contributed by atoms with van der Waals surface area (Å²) < 4.78 is 6.78. The van der Waals surface area contributed by atoms with Crippen LogP contribution in [0.5, 0.6) is 0 Å². The second-order valence-electron chi connectivity index (χ2n) is 9.45. The Morgan fingerprint density at radius 2 is 1.82 bits per heavy atom. The van der Waals surface area contributed by atoms with Crippen LogP contribution >= 0.6 is 0 Å². The molecule has 0 aliphatic heterocycles. The van der Waals surface area contributed by atoms with Crippen molar-refractivity contribution in [2.45, 2.75) is 74.0 Å². The molecule has 3 amide bonds. The lowest BCUT2D eigenvalue weighted by molar-refractivity contribution is -0.130. The van der Waals surface area contributed by atoms with Gasteiger partial charge in [-0.25, -0.2) is 14.5 Å². The van der Waals surface area contributed by atoms with Crippen LogP contribution in [0.2, 0.25) is 0 Å². The minimum atomic E-state index is -0.638. The van der Waals surface area contributed by atoms with Gasteiger partial charge in [-0.3, -0.25) is 9.59 Å². The molecule has 3 rings (SSSR count). The summed E-state index contributed by atoms with van der Waals surface area (Å²) in [5.74, 6) is -0.117. The Hall–Kier alpha value is -3.95. The second-order valence-corrected chi connectivity index (χ2v) is 9.45. The van der Waals surface area contributed by atoms with Crippen LogP contribution in [0.25, 0.3) is 16.7 Å². The van der Waals surface area contributed by atoms with E-state index in [1.54, 1.807) is 43.6 Å². The van der Waals surface area contributed by atoms with Crippen molar-refractivity contribution < 1.29 is 19.1 Å². The largest absolute Gasteiger partial charge is 0.444 e. The highest BCUT2D eigenvalue weighted by molar-refractivity contribution is 6.04. The number of nitrogens with one attached hydrogen (secondary N) is 1. The van der Waals surface area contributed by atoms with E-state index >= 15 is 0 Å².